The fraction of sp³-hybridized carbons (Fsp3) is 0.688. The minimum Gasteiger partial charge on any atom is -0.351 e. The first kappa shape index (κ1) is 15.2. The fourth-order valence-electron chi connectivity index (χ4n) is 2.83. The van der Waals surface area contributed by atoms with Gasteiger partial charge in [-0.1, -0.05) is 20.8 Å². The van der Waals surface area contributed by atoms with E-state index in [1.165, 1.54) is 6.42 Å². The van der Waals surface area contributed by atoms with Crippen LogP contribution in [0.15, 0.2) is 12.3 Å². The highest BCUT2D eigenvalue weighted by Crippen LogP contribution is 2.28. The first-order valence-corrected chi connectivity index (χ1v) is 7.76. The fourth-order valence-corrected chi connectivity index (χ4v) is 2.83. The number of aromatic nitrogens is 1. The van der Waals surface area contributed by atoms with Crippen LogP contribution in [0.2, 0.25) is 0 Å². The molecule has 1 unspecified atom stereocenters. The van der Waals surface area contributed by atoms with Gasteiger partial charge >= 0.3 is 0 Å². The van der Waals surface area contributed by atoms with E-state index in [-0.39, 0.29) is 5.82 Å². The second-order valence-electron chi connectivity index (χ2n) is 5.89. The van der Waals surface area contributed by atoms with Crippen LogP contribution in [0.25, 0.3) is 0 Å². The monoisotopic (exact) mass is 279 g/mol. The van der Waals surface area contributed by atoms with E-state index in [1.54, 1.807) is 12.3 Å². The van der Waals surface area contributed by atoms with Crippen molar-refractivity contribution in [3.05, 3.63) is 23.6 Å². The molecule has 2 heterocycles. The van der Waals surface area contributed by atoms with Gasteiger partial charge in [0.1, 0.15) is 0 Å². The van der Waals surface area contributed by atoms with E-state index >= 15 is 0 Å². The Labute approximate surface area is 121 Å². The van der Waals surface area contributed by atoms with Crippen LogP contribution in [0.5, 0.6) is 0 Å². The summed E-state index contributed by atoms with van der Waals surface area (Å²) in [6.07, 6.45) is 6.30. The minimum absolute atomic E-state index is 0.152. The summed E-state index contributed by atoms with van der Waals surface area (Å²) < 4.78 is 14.7. The molecule has 0 radical (unpaired) electrons. The second kappa shape index (κ2) is 7.02. The van der Waals surface area contributed by atoms with Crippen LogP contribution in [-0.2, 0) is 6.54 Å². The molecule has 0 spiro atoms. The molecule has 112 valence electrons. The van der Waals surface area contributed by atoms with Gasteiger partial charge in [0.25, 0.3) is 0 Å². The largest absolute Gasteiger partial charge is 0.351 e. The molecule has 2 rings (SSSR count). The zero-order chi connectivity index (χ0) is 14.5. The number of anilines is 1. The van der Waals surface area contributed by atoms with Crippen LogP contribution in [0.1, 0.15) is 52.0 Å². The van der Waals surface area contributed by atoms with Crippen LogP contribution in [0.3, 0.4) is 0 Å². The molecule has 1 N–H and O–H groups in total. The van der Waals surface area contributed by atoms with E-state index in [1.807, 2.05) is 0 Å². The van der Waals surface area contributed by atoms with Crippen LogP contribution in [0, 0.1) is 5.82 Å². The molecule has 1 fully saturated rings. The summed E-state index contributed by atoms with van der Waals surface area (Å²) in [5.74, 6) is 0.389. The summed E-state index contributed by atoms with van der Waals surface area (Å²) in [5, 5.41) is 3.27. The van der Waals surface area contributed by atoms with E-state index in [4.69, 9.17) is 0 Å². The van der Waals surface area contributed by atoms with Gasteiger partial charge in [-0.15, -0.1) is 0 Å². The molecule has 0 aliphatic carbocycles. The maximum Gasteiger partial charge on any atom is 0.170 e. The van der Waals surface area contributed by atoms with Crippen molar-refractivity contribution in [3.63, 3.8) is 0 Å². The van der Waals surface area contributed by atoms with Crippen LogP contribution >= 0.6 is 0 Å². The van der Waals surface area contributed by atoms with Crippen LogP contribution < -0.4 is 10.2 Å². The number of pyridine rings is 1. The molecule has 1 saturated heterocycles. The SMILES string of the molecule is CCC1CCCCN1c1nccc(CNC(C)C)c1F. The standard InChI is InChI=1S/C16H26FN3/c1-4-14-7-5-6-10-20(14)16-15(17)13(8-9-18-16)11-19-12(2)3/h8-9,12,14,19H,4-7,10-11H2,1-3H3. The van der Waals surface area contributed by atoms with Gasteiger partial charge in [-0.25, -0.2) is 9.37 Å². The Kier molecular flexibility index (Phi) is 5.35. The topological polar surface area (TPSA) is 28.2 Å². The van der Waals surface area contributed by atoms with Gasteiger partial charge < -0.3 is 10.2 Å². The predicted molar refractivity (Wildman–Crippen MR) is 81.4 cm³/mol. The van der Waals surface area contributed by atoms with Crippen molar-refractivity contribution in [1.82, 2.24) is 10.3 Å². The molecule has 3 nitrogen and oxygen atoms in total. The summed E-state index contributed by atoms with van der Waals surface area (Å²) in [6, 6.07) is 2.56. The van der Waals surface area contributed by atoms with Gasteiger partial charge in [0.05, 0.1) is 0 Å². The lowest BCUT2D eigenvalue weighted by Crippen LogP contribution is -2.40. The summed E-state index contributed by atoms with van der Waals surface area (Å²) in [4.78, 5) is 6.48. The van der Waals surface area contributed by atoms with Crippen molar-refractivity contribution < 1.29 is 4.39 Å². The highest BCUT2D eigenvalue weighted by molar-refractivity contribution is 5.44. The summed E-state index contributed by atoms with van der Waals surface area (Å²) in [5.41, 5.74) is 0.712. The van der Waals surface area contributed by atoms with Crippen molar-refractivity contribution in [2.75, 3.05) is 11.4 Å². The number of piperidine rings is 1. The number of halogens is 1. The molecule has 0 amide bonds. The summed E-state index contributed by atoms with van der Waals surface area (Å²) in [7, 11) is 0. The Morgan fingerprint density at radius 2 is 2.25 bits per heavy atom. The van der Waals surface area contributed by atoms with Gasteiger partial charge in [-0.3, -0.25) is 0 Å². The molecular formula is C16H26FN3. The molecule has 1 aliphatic heterocycles. The molecule has 20 heavy (non-hydrogen) atoms. The second-order valence-corrected chi connectivity index (χ2v) is 5.89. The quantitative estimate of drug-likeness (QED) is 0.894. The number of nitrogens with zero attached hydrogens (tertiary/aromatic N) is 2. The van der Waals surface area contributed by atoms with E-state index < -0.39 is 0 Å². The first-order chi connectivity index (χ1) is 9.63. The Morgan fingerprint density at radius 1 is 1.45 bits per heavy atom. The summed E-state index contributed by atoms with van der Waals surface area (Å²) >= 11 is 0. The molecule has 1 aromatic heterocycles. The normalized spacial score (nSPS) is 19.6. The lowest BCUT2D eigenvalue weighted by atomic mass is 10.00. The molecule has 0 saturated carbocycles. The number of hydrogen-bond donors (Lipinski definition) is 1. The van der Waals surface area contributed by atoms with Crippen LogP contribution in [0.4, 0.5) is 10.2 Å². The minimum atomic E-state index is -0.152. The Bertz CT molecular complexity index is 434. The average Bonchev–Trinajstić information content (AvgIpc) is 2.46. The Hall–Kier alpha value is -1.16. The van der Waals surface area contributed by atoms with Gasteiger partial charge in [-0.2, -0.15) is 0 Å². The van der Waals surface area contributed by atoms with Gasteiger partial charge in [-0.05, 0) is 31.7 Å². The first-order valence-electron chi connectivity index (χ1n) is 7.76. The third-order valence-electron chi connectivity index (χ3n) is 4.02. The third kappa shape index (κ3) is 3.48. The Balaban J connectivity index is 2.20. The molecule has 1 aliphatic rings. The molecule has 1 atom stereocenters. The van der Waals surface area contributed by atoms with Gasteiger partial charge in [0, 0.05) is 36.9 Å². The molecule has 4 heteroatoms. The molecular weight excluding hydrogens is 253 g/mol. The van der Waals surface area contributed by atoms with Crippen molar-refractivity contribution in [2.24, 2.45) is 0 Å². The zero-order valence-electron chi connectivity index (χ0n) is 12.8. The maximum atomic E-state index is 14.7. The smallest absolute Gasteiger partial charge is 0.170 e. The molecule has 1 aromatic rings. The van der Waals surface area contributed by atoms with Crippen molar-refractivity contribution in [2.45, 2.75) is 65.1 Å². The number of nitrogens with one attached hydrogen (secondary N) is 1. The lowest BCUT2D eigenvalue weighted by molar-refractivity contribution is 0.437. The maximum absolute atomic E-state index is 14.7. The number of hydrogen-bond acceptors (Lipinski definition) is 3. The zero-order valence-corrected chi connectivity index (χ0v) is 12.8. The highest BCUT2D eigenvalue weighted by atomic mass is 19.1. The van der Waals surface area contributed by atoms with Crippen LogP contribution in [-0.4, -0.2) is 23.6 Å². The van der Waals surface area contributed by atoms with E-state index in [9.17, 15) is 4.39 Å². The Morgan fingerprint density at radius 3 is 2.95 bits per heavy atom. The number of rotatable bonds is 5. The molecule has 0 bridgehead atoms. The van der Waals surface area contributed by atoms with Gasteiger partial charge in [0.15, 0.2) is 11.6 Å². The summed E-state index contributed by atoms with van der Waals surface area (Å²) in [6.45, 7) is 7.79. The van der Waals surface area contributed by atoms with Crippen molar-refractivity contribution in [3.8, 4) is 0 Å². The predicted octanol–water partition coefficient (Wildman–Crippen LogP) is 3.49. The van der Waals surface area contributed by atoms with Crippen molar-refractivity contribution >= 4 is 5.82 Å². The van der Waals surface area contributed by atoms with E-state index in [2.05, 4.69) is 36.0 Å². The average molecular weight is 279 g/mol. The van der Waals surface area contributed by atoms with Gasteiger partial charge in [0.2, 0.25) is 0 Å². The van der Waals surface area contributed by atoms with Crippen molar-refractivity contribution in [1.29, 1.82) is 0 Å². The lowest BCUT2D eigenvalue weighted by Gasteiger charge is -2.36. The van der Waals surface area contributed by atoms with E-state index in [0.717, 1.165) is 25.8 Å². The highest BCUT2D eigenvalue weighted by Gasteiger charge is 2.25. The molecule has 0 aromatic carbocycles. The third-order valence-corrected chi connectivity index (χ3v) is 4.02. The van der Waals surface area contributed by atoms with E-state index in [0.29, 0.717) is 30.0 Å².